The lowest BCUT2D eigenvalue weighted by atomic mass is 9.95. The molecule has 0 radical (unpaired) electrons. The van der Waals surface area contributed by atoms with Crippen molar-refractivity contribution in [2.24, 2.45) is 0 Å². The highest BCUT2D eigenvalue weighted by Gasteiger charge is 2.28. The Balaban J connectivity index is 1.69. The zero-order chi connectivity index (χ0) is 22.2. The Hall–Kier alpha value is -1.98. The number of carbonyl (C=O) groups is 2. The molecule has 1 atom stereocenters. The van der Waals surface area contributed by atoms with Gasteiger partial charge in [-0.2, -0.15) is 0 Å². The number of nitrogens with one attached hydrogen (secondary N) is 1. The molecule has 0 aliphatic heterocycles. The van der Waals surface area contributed by atoms with Crippen LogP contribution in [0.4, 0.5) is 0 Å². The highest BCUT2D eigenvalue weighted by atomic mass is 35.5. The second kappa shape index (κ2) is 11.6. The number of halogens is 1. The third-order valence-electron chi connectivity index (χ3n) is 5.77. The summed E-state index contributed by atoms with van der Waals surface area (Å²) in [5.74, 6) is 0.157. The van der Waals surface area contributed by atoms with Gasteiger partial charge < -0.3 is 10.2 Å². The molecule has 1 N–H and O–H groups in total. The van der Waals surface area contributed by atoms with E-state index in [9.17, 15) is 9.59 Å². The quantitative estimate of drug-likeness (QED) is 0.523. The molecule has 0 aromatic heterocycles. The number of nitrogens with zero attached hydrogens (tertiary/aromatic N) is 1. The van der Waals surface area contributed by atoms with Crippen LogP contribution < -0.4 is 5.32 Å². The second-order valence-electron chi connectivity index (χ2n) is 8.27. The van der Waals surface area contributed by atoms with Crippen LogP contribution in [0, 0.1) is 6.92 Å². The molecule has 1 saturated carbocycles. The van der Waals surface area contributed by atoms with E-state index in [4.69, 9.17) is 11.6 Å². The molecule has 2 amide bonds. The molecule has 166 valence electrons. The number of benzene rings is 2. The minimum Gasteiger partial charge on any atom is -0.352 e. The summed E-state index contributed by atoms with van der Waals surface area (Å²) in [7, 11) is 0. The number of hydrogen-bond acceptors (Lipinski definition) is 3. The first-order valence-electron chi connectivity index (χ1n) is 11.0. The van der Waals surface area contributed by atoms with Crippen molar-refractivity contribution in [1.82, 2.24) is 10.2 Å². The monoisotopic (exact) mass is 458 g/mol. The van der Waals surface area contributed by atoms with Crippen LogP contribution in [0.25, 0.3) is 0 Å². The van der Waals surface area contributed by atoms with Gasteiger partial charge in [-0.25, -0.2) is 0 Å². The van der Waals surface area contributed by atoms with Gasteiger partial charge in [0.05, 0.1) is 5.75 Å². The van der Waals surface area contributed by atoms with Gasteiger partial charge in [0, 0.05) is 22.5 Å². The van der Waals surface area contributed by atoms with Gasteiger partial charge in [-0.15, -0.1) is 11.8 Å². The van der Waals surface area contributed by atoms with Crippen LogP contribution in [0.5, 0.6) is 0 Å². The molecule has 31 heavy (non-hydrogen) atoms. The van der Waals surface area contributed by atoms with Gasteiger partial charge >= 0.3 is 0 Å². The van der Waals surface area contributed by atoms with Crippen LogP contribution in [0.3, 0.4) is 0 Å². The van der Waals surface area contributed by atoms with Crippen molar-refractivity contribution < 1.29 is 9.59 Å². The van der Waals surface area contributed by atoms with Crippen LogP contribution >= 0.6 is 23.4 Å². The van der Waals surface area contributed by atoms with Crippen LogP contribution in [0.2, 0.25) is 5.02 Å². The maximum atomic E-state index is 13.2. The molecule has 2 aromatic carbocycles. The molecule has 0 bridgehead atoms. The van der Waals surface area contributed by atoms with Crippen molar-refractivity contribution in [2.45, 2.75) is 69.5 Å². The molecule has 3 rings (SSSR count). The summed E-state index contributed by atoms with van der Waals surface area (Å²) in [5, 5.41) is 3.85. The summed E-state index contributed by atoms with van der Waals surface area (Å²) in [4.78, 5) is 28.9. The van der Waals surface area contributed by atoms with E-state index in [2.05, 4.69) is 5.32 Å². The van der Waals surface area contributed by atoms with E-state index in [1.807, 2.05) is 62.4 Å². The van der Waals surface area contributed by atoms with Crippen molar-refractivity contribution >= 4 is 35.2 Å². The van der Waals surface area contributed by atoms with Crippen LogP contribution in [0.15, 0.2) is 53.4 Å². The molecule has 0 saturated heterocycles. The van der Waals surface area contributed by atoms with Crippen LogP contribution in [0.1, 0.15) is 50.2 Å². The van der Waals surface area contributed by atoms with E-state index < -0.39 is 6.04 Å². The van der Waals surface area contributed by atoms with E-state index in [1.54, 1.807) is 4.90 Å². The predicted molar refractivity (Wildman–Crippen MR) is 128 cm³/mol. The lowest BCUT2D eigenvalue weighted by molar-refractivity contribution is -0.139. The van der Waals surface area contributed by atoms with Gasteiger partial charge in [0.15, 0.2) is 0 Å². The van der Waals surface area contributed by atoms with Gasteiger partial charge in [-0.1, -0.05) is 60.7 Å². The molecule has 0 spiro atoms. The van der Waals surface area contributed by atoms with Crippen molar-refractivity contribution in [3.63, 3.8) is 0 Å². The Morgan fingerprint density at radius 2 is 1.71 bits per heavy atom. The standard InChI is InChI=1S/C25H31ClN2O2S/c1-18-8-10-20(11-9-18)16-28(19(2)25(30)27-22-6-4-3-5-7-22)24(29)17-31-23-14-12-21(26)13-15-23/h8-15,19,22H,3-7,16-17H2,1-2H3,(H,27,30). The summed E-state index contributed by atoms with van der Waals surface area (Å²) < 4.78 is 0. The number of carbonyl (C=O) groups excluding carboxylic acids is 2. The number of thioether (sulfide) groups is 1. The molecular formula is C25H31ClN2O2S. The SMILES string of the molecule is Cc1ccc(CN(C(=O)CSc2ccc(Cl)cc2)C(C)C(=O)NC2CCCCC2)cc1. The number of hydrogen-bond donors (Lipinski definition) is 1. The highest BCUT2D eigenvalue weighted by molar-refractivity contribution is 8.00. The van der Waals surface area contributed by atoms with Crippen molar-refractivity contribution in [2.75, 3.05) is 5.75 Å². The summed E-state index contributed by atoms with van der Waals surface area (Å²) in [6, 6.07) is 15.3. The van der Waals surface area contributed by atoms with E-state index in [0.29, 0.717) is 11.6 Å². The zero-order valence-electron chi connectivity index (χ0n) is 18.3. The summed E-state index contributed by atoms with van der Waals surface area (Å²) >= 11 is 7.42. The van der Waals surface area contributed by atoms with Crippen LogP contribution in [-0.4, -0.2) is 34.6 Å². The van der Waals surface area contributed by atoms with Crippen molar-refractivity contribution in [1.29, 1.82) is 0 Å². The van der Waals surface area contributed by atoms with Gasteiger partial charge in [0.1, 0.15) is 6.04 Å². The number of rotatable bonds is 8. The predicted octanol–water partition coefficient (Wildman–Crippen LogP) is 5.61. The highest BCUT2D eigenvalue weighted by Crippen LogP contribution is 2.22. The van der Waals surface area contributed by atoms with Gasteiger partial charge in [0.25, 0.3) is 0 Å². The first-order chi connectivity index (χ1) is 14.9. The second-order valence-corrected chi connectivity index (χ2v) is 9.75. The largest absolute Gasteiger partial charge is 0.352 e. The average molecular weight is 459 g/mol. The van der Waals surface area contributed by atoms with E-state index in [0.717, 1.165) is 36.1 Å². The first-order valence-corrected chi connectivity index (χ1v) is 12.3. The third kappa shape index (κ3) is 7.29. The number of aryl methyl sites for hydroxylation is 1. The fourth-order valence-electron chi connectivity index (χ4n) is 3.80. The summed E-state index contributed by atoms with van der Waals surface area (Å²) in [6.45, 7) is 4.28. The van der Waals surface area contributed by atoms with Crippen molar-refractivity contribution in [3.05, 3.63) is 64.7 Å². The molecule has 1 unspecified atom stereocenters. The third-order valence-corrected chi connectivity index (χ3v) is 7.02. The Kier molecular flexibility index (Phi) is 8.85. The van der Waals surface area contributed by atoms with Gasteiger partial charge in [0.2, 0.25) is 11.8 Å². The first kappa shape index (κ1) is 23.7. The maximum absolute atomic E-state index is 13.2. The molecule has 2 aromatic rings. The van der Waals surface area contributed by atoms with E-state index in [-0.39, 0.29) is 23.6 Å². The summed E-state index contributed by atoms with van der Waals surface area (Å²) in [6.07, 6.45) is 5.60. The molecule has 1 fully saturated rings. The fraction of sp³-hybridized carbons (Fsp3) is 0.440. The molecular weight excluding hydrogens is 428 g/mol. The van der Waals surface area contributed by atoms with Crippen LogP contribution in [-0.2, 0) is 16.1 Å². The maximum Gasteiger partial charge on any atom is 0.242 e. The van der Waals surface area contributed by atoms with Crippen molar-refractivity contribution in [3.8, 4) is 0 Å². The Labute approximate surface area is 194 Å². The minimum absolute atomic E-state index is 0.0492. The molecule has 4 nitrogen and oxygen atoms in total. The lowest BCUT2D eigenvalue weighted by Crippen LogP contribution is -2.50. The lowest BCUT2D eigenvalue weighted by Gasteiger charge is -2.31. The number of amides is 2. The zero-order valence-corrected chi connectivity index (χ0v) is 19.8. The molecule has 6 heteroatoms. The molecule has 1 aliphatic rings. The Morgan fingerprint density at radius 1 is 1.06 bits per heavy atom. The van der Waals surface area contributed by atoms with Gasteiger partial charge in [-0.3, -0.25) is 9.59 Å². The normalized spacial score (nSPS) is 15.3. The van der Waals surface area contributed by atoms with E-state index >= 15 is 0 Å². The minimum atomic E-state index is -0.526. The van der Waals surface area contributed by atoms with Gasteiger partial charge in [-0.05, 0) is 56.5 Å². The smallest absolute Gasteiger partial charge is 0.242 e. The molecule has 0 heterocycles. The molecule has 1 aliphatic carbocycles. The average Bonchev–Trinajstić information content (AvgIpc) is 2.78. The van der Waals surface area contributed by atoms with E-state index in [1.165, 1.54) is 23.7 Å². The summed E-state index contributed by atoms with van der Waals surface area (Å²) in [5.41, 5.74) is 2.19. The topological polar surface area (TPSA) is 49.4 Å². The Morgan fingerprint density at radius 3 is 2.35 bits per heavy atom. The Bertz CT molecular complexity index is 864. The fourth-order valence-corrected chi connectivity index (χ4v) is 4.71.